The molecule has 1 aliphatic heterocycles. The summed E-state index contributed by atoms with van der Waals surface area (Å²) in [6.07, 6.45) is 0.547. The summed E-state index contributed by atoms with van der Waals surface area (Å²) in [4.78, 5) is 12.2. The second-order valence-electron chi connectivity index (χ2n) is 6.27. The number of anilines is 1. The highest BCUT2D eigenvalue weighted by atomic mass is 35.5. The predicted molar refractivity (Wildman–Crippen MR) is 94.8 cm³/mol. The lowest BCUT2D eigenvalue weighted by molar-refractivity contribution is -0.116. The lowest BCUT2D eigenvalue weighted by Crippen LogP contribution is -2.40. The number of para-hydroxylation sites is 1. The number of hydrogen-bond donors (Lipinski definition) is 2. The molecule has 5 heteroatoms. The summed E-state index contributed by atoms with van der Waals surface area (Å²) in [5.74, 6) is 2.26. The van der Waals surface area contributed by atoms with Gasteiger partial charge < -0.3 is 10.6 Å². The highest BCUT2D eigenvalue weighted by Crippen LogP contribution is 2.29. The quantitative estimate of drug-likeness (QED) is 0.893. The molecule has 3 nitrogen and oxygen atoms in total. The lowest BCUT2D eigenvalue weighted by Gasteiger charge is -2.25. The van der Waals surface area contributed by atoms with Crippen LogP contribution in [0.25, 0.3) is 0 Å². The van der Waals surface area contributed by atoms with E-state index in [4.69, 9.17) is 0 Å². The van der Waals surface area contributed by atoms with Crippen LogP contribution < -0.4 is 10.6 Å². The van der Waals surface area contributed by atoms with E-state index in [0.717, 1.165) is 23.7 Å². The van der Waals surface area contributed by atoms with E-state index in [-0.39, 0.29) is 23.7 Å². The Bertz CT molecular complexity index is 468. The number of thioether (sulfide) groups is 1. The van der Waals surface area contributed by atoms with Gasteiger partial charge in [0, 0.05) is 36.2 Å². The molecule has 0 saturated carbocycles. The molecule has 1 unspecified atom stereocenters. The zero-order valence-corrected chi connectivity index (χ0v) is 14.6. The van der Waals surface area contributed by atoms with E-state index >= 15 is 0 Å². The number of amides is 1. The van der Waals surface area contributed by atoms with Gasteiger partial charge in [0.15, 0.2) is 0 Å². The van der Waals surface area contributed by atoms with Crippen LogP contribution in [0, 0.1) is 0 Å². The zero-order valence-electron chi connectivity index (χ0n) is 12.9. The highest BCUT2D eigenvalue weighted by Gasteiger charge is 2.20. The van der Waals surface area contributed by atoms with Crippen molar-refractivity contribution in [1.82, 2.24) is 5.32 Å². The normalized spacial score (nSPS) is 18.7. The SMILES string of the molecule is CC(C)(C)c1ccccc1NC(=O)CC1CSCCN1.Cl. The van der Waals surface area contributed by atoms with Crippen molar-refractivity contribution in [3.05, 3.63) is 29.8 Å². The minimum Gasteiger partial charge on any atom is -0.326 e. The molecule has 1 atom stereocenters. The molecule has 1 heterocycles. The van der Waals surface area contributed by atoms with E-state index in [2.05, 4.69) is 37.5 Å². The molecule has 0 aliphatic carbocycles. The van der Waals surface area contributed by atoms with Gasteiger partial charge >= 0.3 is 0 Å². The van der Waals surface area contributed by atoms with Gasteiger partial charge in [-0.1, -0.05) is 39.0 Å². The smallest absolute Gasteiger partial charge is 0.225 e. The molecule has 0 bridgehead atoms. The van der Waals surface area contributed by atoms with Crippen molar-refractivity contribution in [3.63, 3.8) is 0 Å². The third-order valence-electron chi connectivity index (χ3n) is 3.44. The van der Waals surface area contributed by atoms with Crippen LogP contribution in [-0.4, -0.2) is 30.0 Å². The molecular weight excluding hydrogens is 304 g/mol. The van der Waals surface area contributed by atoms with Crippen LogP contribution in [-0.2, 0) is 10.2 Å². The molecule has 2 rings (SSSR count). The van der Waals surface area contributed by atoms with Crippen LogP contribution in [0.5, 0.6) is 0 Å². The molecule has 1 fully saturated rings. The first-order valence-corrected chi connectivity index (χ1v) is 8.33. The Hall–Kier alpha value is -0.710. The van der Waals surface area contributed by atoms with Gasteiger partial charge in [-0.15, -0.1) is 12.4 Å². The number of benzene rings is 1. The van der Waals surface area contributed by atoms with Crippen molar-refractivity contribution in [2.45, 2.75) is 38.6 Å². The van der Waals surface area contributed by atoms with Crippen LogP contribution in [0.4, 0.5) is 5.69 Å². The third kappa shape index (κ3) is 5.53. The molecule has 1 aliphatic rings. The predicted octanol–water partition coefficient (Wildman–Crippen LogP) is 3.44. The van der Waals surface area contributed by atoms with E-state index in [9.17, 15) is 4.79 Å². The summed E-state index contributed by atoms with van der Waals surface area (Å²) >= 11 is 1.92. The molecule has 118 valence electrons. The standard InChI is InChI=1S/C16H24N2OS.ClH/c1-16(2,3)13-6-4-5-7-14(13)18-15(19)10-12-11-20-9-8-17-12;/h4-7,12,17H,8-11H2,1-3H3,(H,18,19);1H. The number of halogens is 1. The van der Waals surface area contributed by atoms with Gasteiger partial charge in [-0.2, -0.15) is 11.8 Å². The van der Waals surface area contributed by atoms with Crippen LogP contribution in [0.3, 0.4) is 0 Å². The van der Waals surface area contributed by atoms with Gasteiger partial charge in [-0.25, -0.2) is 0 Å². The van der Waals surface area contributed by atoms with Gasteiger partial charge in [-0.3, -0.25) is 4.79 Å². The minimum atomic E-state index is 0. The van der Waals surface area contributed by atoms with Crippen molar-refractivity contribution in [2.24, 2.45) is 0 Å². The fraction of sp³-hybridized carbons (Fsp3) is 0.562. The maximum absolute atomic E-state index is 12.2. The van der Waals surface area contributed by atoms with E-state index in [1.54, 1.807) is 0 Å². The minimum absolute atomic E-state index is 0. The Balaban J connectivity index is 0.00000220. The first-order valence-electron chi connectivity index (χ1n) is 7.17. The first-order chi connectivity index (χ1) is 9.47. The molecule has 0 spiro atoms. The van der Waals surface area contributed by atoms with Crippen LogP contribution in [0.2, 0.25) is 0 Å². The van der Waals surface area contributed by atoms with E-state index in [1.165, 1.54) is 5.56 Å². The number of hydrogen-bond acceptors (Lipinski definition) is 3. The van der Waals surface area contributed by atoms with Gasteiger partial charge in [0.05, 0.1) is 0 Å². The van der Waals surface area contributed by atoms with Crippen LogP contribution in [0.15, 0.2) is 24.3 Å². The molecule has 21 heavy (non-hydrogen) atoms. The monoisotopic (exact) mass is 328 g/mol. The van der Waals surface area contributed by atoms with Gasteiger partial charge in [0.2, 0.25) is 5.91 Å². The number of carbonyl (C=O) groups excluding carboxylic acids is 1. The summed E-state index contributed by atoms with van der Waals surface area (Å²) < 4.78 is 0. The van der Waals surface area contributed by atoms with Crippen LogP contribution in [0.1, 0.15) is 32.8 Å². The van der Waals surface area contributed by atoms with Crippen LogP contribution >= 0.6 is 24.2 Å². The van der Waals surface area contributed by atoms with E-state index < -0.39 is 0 Å². The summed E-state index contributed by atoms with van der Waals surface area (Å²) in [6, 6.07) is 8.37. The second-order valence-corrected chi connectivity index (χ2v) is 7.42. The fourth-order valence-electron chi connectivity index (χ4n) is 2.42. The second kappa shape index (κ2) is 8.06. The highest BCUT2D eigenvalue weighted by molar-refractivity contribution is 7.99. The van der Waals surface area contributed by atoms with Crippen molar-refractivity contribution in [3.8, 4) is 0 Å². The zero-order chi connectivity index (χ0) is 14.6. The summed E-state index contributed by atoms with van der Waals surface area (Å²) in [6.45, 7) is 7.49. The molecular formula is C16H25ClN2OS. The largest absolute Gasteiger partial charge is 0.326 e. The van der Waals surface area contributed by atoms with Gasteiger partial charge in [0.1, 0.15) is 0 Å². The van der Waals surface area contributed by atoms with Crippen molar-refractivity contribution in [1.29, 1.82) is 0 Å². The Morgan fingerprint density at radius 1 is 1.38 bits per heavy atom. The number of carbonyl (C=O) groups is 1. The van der Waals surface area contributed by atoms with Gasteiger partial charge in [0.25, 0.3) is 0 Å². The fourth-order valence-corrected chi connectivity index (χ4v) is 3.37. The van der Waals surface area contributed by atoms with Crippen molar-refractivity contribution >= 4 is 35.8 Å². The maximum atomic E-state index is 12.2. The topological polar surface area (TPSA) is 41.1 Å². The summed E-state index contributed by atoms with van der Waals surface area (Å²) in [7, 11) is 0. The van der Waals surface area contributed by atoms with Gasteiger partial charge in [-0.05, 0) is 17.0 Å². The molecule has 1 saturated heterocycles. The molecule has 0 radical (unpaired) electrons. The number of rotatable bonds is 3. The molecule has 1 amide bonds. The Labute approximate surface area is 138 Å². The average Bonchev–Trinajstić information content (AvgIpc) is 2.39. The summed E-state index contributed by atoms with van der Waals surface area (Å²) in [5, 5.41) is 6.48. The Morgan fingerprint density at radius 3 is 2.71 bits per heavy atom. The van der Waals surface area contributed by atoms with E-state index in [1.807, 2.05) is 30.0 Å². The Kier molecular flexibility index (Phi) is 7.04. The lowest BCUT2D eigenvalue weighted by atomic mass is 9.86. The molecule has 0 aromatic heterocycles. The van der Waals surface area contributed by atoms with Crippen molar-refractivity contribution < 1.29 is 4.79 Å². The molecule has 1 aromatic rings. The van der Waals surface area contributed by atoms with E-state index in [0.29, 0.717) is 12.5 Å². The molecule has 1 aromatic carbocycles. The Morgan fingerprint density at radius 2 is 2.10 bits per heavy atom. The maximum Gasteiger partial charge on any atom is 0.225 e. The average molecular weight is 329 g/mol. The molecule has 2 N–H and O–H groups in total. The number of nitrogens with one attached hydrogen (secondary N) is 2. The van der Waals surface area contributed by atoms with Crippen molar-refractivity contribution in [2.75, 3.05) is 23.4 Å². The first kappa shape index (κ1) is 18.3. The summed E-state index contributed by atoms with van der Waals surface area (Å²) in [5.41, 5.74) is 2.15. The third-order valence-corrected chi connectivity index (χ3v) is 4.57.